The molecule has 0 saturated heterocycles. The van der Waals surface area contributed by atoms with Gasteiger partial charge in [0.25, 0.3) is 0 Å². The van der Waals surface area contributed by atoms with Gasteiger partial charge in [-0.2, -0.15) is 0 Å². The minimum atomic E-state index is -0.755. The molecule has 2 aromatic rings. The van der Waals surface area contributed by atoms with E-state index < -0.39 is 6.17 Å². The van der Waals surface area contributed by atoms with Gasteiger partial charge in [0.1, 0.15) is 18.3 Å². The standard InChI is InChI=1S/C15H15ClFN3/c16-11-3-1-10(2-4-11)15(7-12(17)8-15)14-19-18-9-20(14)13-5-6-13/h1-4,9,12-13H,5-8H2. The second-order valence-electron chi connectivity index (χ2n) is 5.89. The molecule has 1 aromatic heterocycles. The van der Waals surface area contributed by atoms with Crippen molar-refractivity contribution >= 4 is 11.6 Å². The zero-order valence-electron chi connectivity index (χ0n) is 11.0. The van der Waals surface area contributed by atoms with Gasteiger partial charge < -0.3 is 4.57 Å². The average molecular weight is 292 g/mol. The van der Waals surface area contributed by atoms with Crippen LogP contribution < -0.4 is 0 Å². The molecule has 3 nitrogen and oxygen atoms in total. The van der Waals surface area contributed by atoms with E-state index in [1.807, 2.05) is 24.3 Å². The van der Waals surface area contributed by atoms with Crippen molar-refractivity contribution < 1.29 is 4.39 Å². The second-order valence-corrected chi connectivity index (χ2v) is 6.32. The first kappa shape index (κ1) is 12.3. The van der Waals surface area contributed by atoms with Crippen LogP contribution in [-0.2, 0) is 5.41 Å². The molecule has 4 rings (SSSR count). The molecule has 0 bridgehead atoms. The van der Waals surface area contributed by atoms with Gasteiger partial charge in [-0.25, -0.2) is 4.39 Å². The summed E-state index contributed by atoms with van der Waals surface area (Å²) in [5.74, 6) is 0.913. The van der Waals surface area contributed by atoms with Crippen LogP contribution in [0.25, 0.3) is 0 Å². The molecule has 0 aliphatic heterocycles. The summed E-state index contributed by atoms with van der Waals surface area (Å²) in [5.41, 5.74) is 0.758. The maximum Gasteiger partial charge on any atom is 0.143 e. The summed E-state index contributed by atoms with van der Waals surface area (Å²) < 4.78 is 15.8. The number of aromatic nitrogens is 3. The van der Waals surface area contributed by atoms with Crippen molar-refractivity contribution in [2.75, 3.05) is 0 Å². The van der Waals surface area contributed by atoms with Crippen molar-refractivity contribution in [3.63, 3.8) is 0 Å². The Balaban J connectivity index is 1.80. The van der Waals surface area contributed by atoms with Crippen molar-refractivity contribution in [2.45, 2.75) is 43.3 Å². The van der Waals surface area contributed by atoms with E-state index >= 15 is 0 Å². The summed E-state index contributed by atoms with van der Waals surface area (Å²) >= 11 is 5.96. The maximum atomic E-state index is 13.6. The van der Waals surface area contributed by atoms with Crippen LogP contribution in [0.3, 0.4) is 0 Å². The molecule has 2 aliphatic carbocycles. The highest BCUT2D eigenvalue weighted by molar-refractivity contribution is 6.30. The van der Waals surface area contributed by atoms with Crippen molar-refractivity contribution in [2.24, 2.45) is 0 Å². The lowest BCUT2D eigenvalue weighted by Crippen LogP contribution is -2.45. The largest absolute Gasteiger partial charge is 0.314 e. The fourth-order valence-electron chi connectivity index (χ4n) is 3.22. The zero-order valence-corrected chi connectivity index (χ0v) is 11.7. The summed E-state index contributed by atoms with van der Waals surface area (Å²) in [6.45, 7) is 0. The number of halogens is 2. The van der Waals surface area contributed by atoms with Gasteiger partial charge in [-0.15, -0.1) is 10.2 Å². The van der Waals surface area contributed by atoms with Gasteiger partial charge in [0.15, 0.2) is 0 Å². The molecular formula is C15H15ClFN3. The first-order valence-electron chi connectivity index (χ1n) is 6.99. The van der Waals surface area contributed by atoms with Crippen molar-refractivity contribution in [1.29, 1.82) is 0 Å². The summed E-state index contributed by atoms with van der Waals surface area (Å²) in [6.07, 6.45) is 4.34. The quantitative estimate of drug-likeness (QED) is 0.863. The predicted molar refractivity (Wildman–Crippen MR) is 74.7 cm³/mol. The van der Waals surface area contributed by atoms with Crippen LogP contribution in [-0.4, -0.2) is 20.9 Å². The molecule has 2 fully saturated rings. The van der Waals surface area contributed by atoms with E-state index in [0.717, 1.165) is 11.4 Å². The summed E-state index contributed by atoms with van der Waals surface area (Å²) in [5, 5.41) is 9.08. The third-order valence-electron chi connectivity index (χ3n) is 4.48. The Kier molecular flexibility index (Phi) is 2.64. The van der Waals surface area contributed by atoms with Gasteiger partial charge in [-0.3, -0.25) is 0 Å². The Bertz CT molecular complexity index is 627. The van der Waals surface area contributed by atoms with Gasteiger partial charge in [0, 0.05) is 11.1 Å². The van der Waals surface area contributed by atoms with Crippen LogP contribution >= 0.6 is 11.6 Å². The topological polar surface area (TPSA) is 30.7 Å². The molecule has 104 valence electrons. The molecule has 5 heteroatoms. The van der Waals surface area contributed by atoms with Crippen LogP contribution in [0.1, 0.15) is 43.1 Å². The molecule has 1 heterocycles. The molecule has 1 aromatic carbocycles. The van der Waals surface area contributed by atoms with Gasteiger partial charge in [0.05, 0.1) is 5.41 Å². The fraction of sp³-hybridized carbons (Fsp3) is 0.467. The molecule has 2 aliphatic rings. The minimum absolute atomic E-state index is 0.330. The number of hydrogen-bond donors (Lipinski definition) is 0. The molecule has 0 amide bonds. The summed E-state index contributed by atoms with van der Waals surface area (Å²) in [7, 11) is 0. The molecule has 2 saturated carbocycles. The highest BCUT2D eigenvalue weighted by Gasteiger charge is 2.51. The van der Waals surface area contributed by atoms with Gasteiger partial charge >= 0.3 is 0 Å². The van der Waals surface area contributed by atoms with Crippen molar-refractivity contribution in [3.8, 4) is 0 Å². The average Bonchev–Trinajstić information content (AvgIpc) is 3.14. The normalized spacial score (nSPS) is 29.2. The number of rotatable bonds is 3. The first-order chi connectivity index (χ1) is 9.69. The molecule has 0 N–H and O–H groups in total. The molecule has 0 spiro atoms. The van der Waals surface area contributed by atoms with Crippen LogP contribution in [0.4, 0.5) is 4.39 Å². The molecule has 20 heavy (non-hydrogen) atoms. The highest BCUT2D eigenvalue weighted by atomic mass is 35.5. The lowest BCUT2D eigenvalue weighted by Gasteiger charge is -2.43. The Labute approximate surface area is 121 Å². The van der Waals surface area contributed by atoms with Crippen LogP contribution in [0, 0.1) is 0 Å². The summed E-state index contributed by atoms with van der Waals surface area (Å²) in [4.78, 5) is 0. The minimum Gasteiger partial charge on any atom is -0.314 e. The molecule has 0 radical (unpaired) electrons. The Hall–Kier alpha value is -1.42. The molecule has 0 unspecified atom stereocenters. The smallest absolute Gasteiger partial charge is 0.143 e. The third-order valence-corrected chi connectivity index (χ3v) is 4.73. The molecule has 0 atom stereocenters. The Morgan fingerprint density at radius 2 is 1.90 bits per heavy atom. The van der Waals surface area contributed by atoms with Crippen LogP contribution in [0.5, 0.6) is 0 Å². The lowest BCUT2D eigenvalue weighted by molar-refractivity contribution is 0.113. The van der Waals surface area contributed by atoms with Crippen LogP contribution in [0.2, 0.25) is 5.02 Å². The Morgan fingerprint density at radius 3 is 2.50 bits per heavy atom. The van der Waals surface area contributed by atoms with Crippen molar-refractivity contribution in [1.82, 2.24) is 14.8 Å². The number of alkyl halides is 1. The van der Waals surface area contributed by atoms with E-state index in [4.69, 9.17) is 11.6 Å². The van der Waals surface area contributed by atoms with E-state index in [1.165, 1.54) is 12.8 Å². The predicted octanol–water partition coefficient (Wildman–Crippen LogP) is 3.68. The van der Waals surface area contributed by atoms with E-state index in [0.29, 0.717) is 23.9 Å². The van der Waals surface area contributed by atoms with Gasteiger partial charge in [-0.1, -0.05) is 23.7 Å². The number of benzene rings is 1. The first-order valence-corrected chi connectivity index (χ1v) is 7.37. The van der Waals surface area contributed by atoms with Gasteiger partial charge in [-0.05, 0) is 43.4 Å². The maximum absolute atomic E-state index is 13.6. The SMILES string of the molecule is FC1CC(c2ccc(Cl)cc2)(c2nncn2C2CC2)C1. The molecular weight excluding hydrogens is 277 g/mol. The van der Waals surface area contributed by atoms with Gasteiger partial charge in [0.2, 0.25) is 0 Å². The van der Waals surface area contributed by atoms with E-state index in [9.17, 15) is 4.39 Å². The third kappa shape index (κ3) is 1.78. The second kappa shape index (κ2) is 4.29. The summed E-state index contributed by atoms with van der Waals surface area (Å²) in [6, 6.07) is 8.20. The van der Waals surface area contributed by atoms with Crippen molar-refractivity contribution in [3.05, 3.63) is 47.0 Å². The lowest BCUT2D eigenvalue weighted by atomic mass is 9.62. The van der Waals surface area contributed by atoms with E-state index in [1.54, 1.807) is 6.33 Å². The fourth-order valence-corrected chi connectivity index (χ4v) is 3.34. The van der Waals surface area contributed by atoms with E-state index in [-0.39, 0.29) is 5.41 Å². The number of nitrogens with zero attached hydrogens (tertiary/aromatic N) is 3. The number of hydrogen-bond acceptors (Lipinski definition) is 2. The highest BCUT2D eigenvalue weighted by Crippen LogP contribution is 2.51. The zero-order chi connectivity index (χ0) is 13.7. The Morgan fingerprint density at radius 1 is 1.20 bits per heavy atom. The van der Waals surface area contributed by atoms with E-state index in [2.05, 4.69) is 14.8 Å². The van der Waals surface area contributed by atoms with Crippen LogP contribution in [0.15, 0.2) is 30.6 Å². The monoisotopic (exact) mass is 291 g/mol.